The van der Waals surface area contributed by atoms with Gasteiger partial charge in [-0.3, -0.25) is 0 Å². The van der Waals surface area contributed by atoms with Crippen LogP contribution in [0.3, 0.4) is 0 Å². The maximum Gasteiger partial charge on any atom is 0.328 e. The van der Waals surface area contributed by atoms with Crippen molar-refractivity contribution in [1.82, 2.24) is 9.97 Å². The van der Waals surface area contributed by atoms with Gasteiger partial charge in [-0.1, -0.05) is 18.2 Å². The molecule has 0 saturated heterocycles. The lowest BCUT2D eigenvalue weighted by atomic mass is 10.2. The van der Waals surface area contributed by atoms with E-state index >= 15 is 0 Å². The van der Waals surface area contributed by atoms with Crippen molar-refractivity contribution >= 4 is 5.69 Å². The highest BCUT2D eigenvalue weighted by molar-refractivity contribution is 5.57. The van der Waals surface area contributed by atoms with Gasteiger partial charge in [0.1, 0.15) is 0 Å². The van der Waals surface area contributed by atoms with Gasteiger partial charge in [-0.2, -0.15) is 9.97 Å². The first-order valence-electron chi connectivity index (χ1n) is 8.01. The number of hydrogen-bond acceptors (Lipinski definition) is 6. The third kappa shape index (κ3) is 4.60. The summed E-state index contributed by atoms with van der Waals surface area (Å²) in [6.45, 7) is 0.278. The SMILES string of the molecule is COc1cc(OC)nc(Oc2ccccc2NCc2ccc(F)c(F)c2)n1. The number of aromatic nitrogens is 2. The van der Waals surface area contributed by atoms with Crippen molar-refractivity contribution in [2.24, 2.45) is 0 Å². The average molecular weight is 373 g/mol. The predicted octanol–water partition coefficient (Wildman–Crippen LogP) is 4.18. The van der Waals surface area contributed by atoms with E-state index in [9.17, 15) is 8.78 Å². The van der Waals surface area contributed by atoms with Gasteiger partial charge in [0.25, 0.3) is 0 Å². The fraction of sp³-hybridized carbons (Fsp3) is 0.158. The molecule has 0 aliphatic carbocycles. The van der Waals surface area contributed by atoms with E-state index in [1.165, 1.54) is 26.4 Å². The zero-order valence-electron chi connectivity index (χ0n) is 14.7. The number of ether oxygens (including phenoxy) is 3. The molecular weight excluding hydrogens is 356 g/mol. The van der Waals surface area contributed by atoms with E-state index in [1.807, 2.05) is 6.07 Å². The van der Waals surface area contributed by atoms with Crippen molar-refractivity contribution in [2.75, 3.05) is 19.5 Å². The van der Waals surface area contributed by atoms with E-state index in [4.69, 9.17) is 14.2 Å². The van der Waals surface area contributed by atoms with Gasteiger partial charge in [0, 0.05) is 6.54 Å². The lowest BCUT2D eigenvalue weighted by molar-refractivity contribution is 0.348. The van der Waals surface area contributed by atoms with E-state index in [0.29, 0.717) is 28.8 Å². The normalized spacial score (nSPS) is 10.4. The fourth-order valence-corrected chi connectivity index (χ4v) is 2.29. The van der Waals surface area contributed by atoms with Crippen LogP contribution in [0.2, 0.25) is 0 Å². The molecule has 1 heterocycles. The largest absolute Gasteiger partial charge is 0.481 e. The van der Waals surface area contributed by atoms with Crippen LogP contribution >= 0.6 is 0 Å². The number of methoxy groups -OCH3 is 2. The molecule has 140 valence electrons. The topological polar surface area (TPSA) is 65.5 Å². The van der Waals surface area contributed by atoms with Crippen molar-refractivity contribution in [2.45, 2.75) is 6.54 Å². The van der Waals surface area contributed by atoms with Crippen molar-refractivity contribution in [3.05, 3.63) is 65.7 Å². The molecule has 0 radical (unpaired) electrons. The van der Waals surface area contributed by atoms with Gasteiger partial charge in [-0.15, -0.1) is 0 Å². The Morgan fingerprint density at radius 1 is 0.889 bits per heavy atom. The molecule has 0 bridgehead atoms. The summed E-state index contributed by atoms with van der Waals surface area (Å²) in [4.78, 5) is 8.24. The number of halogens is 2. The Balaban J connectivity index is 1.78. The summed E-state index contributed by atoms with van der Waals surface area (Å²) in [6.07, 6.45) is 0. The van der Waals surface area contributed by atoms with Crippen LogP contribution in [0.5, 0.6) is 23.5 Å². The summed E-state index contributed by atoms with van der Waals surface area (Å²) in [5.74, 6) is -0.731. The molecule has 0 aliphatic heterocycles. The maximum atomic E-state index is 13.3. The second-order valence-electron chi connectivity index (χ2n) is 5.44. The number of para-hydroxylation sites is 2. The molecule has 0 amide bonds. The van der Waals surface area contributed by atoms with Crippen LogP contribution in [0.25, 0.3) is 0 Å². The molecule has 1 aromatic heterocycles. The molecule has 1 N–H and O–H groups in total. The van der Waals surface area contributed by atoms with Gasteiger partial charge in [-0.25, -0.2) is 8.78 Å². The van der Waals surface area contributed by atoms with Crippen LogP contribution in [0.15, 0.2) is 48.5 Å². The predicted molar refractivity (Wildman–Crippen MR) is 95.3 cm³/mol. The molecule has 0 fully saturated rings. The molecule has 3 rings (SSSR count). The summed E-state index contributed by atoms with van der Waals surface area (Å²) in [5.41, 5.74) is 1.22. The van der Waals surface area contributed by atoms with Gasteiger partial charge >= 0.3 is 6.01 Å². The van der Waals surface area contributed by atoms with E-state index in [0.717, 1.165) is 12.1 Å². The number of hydrogen-bond donors (Lipinski definition) is 1. The minimum Gasteiger partial charge on any atom is -0.481 e. The number of rotatable bonds is 7. The Hall–Kier alpha value is -3.42. The van der Waals surface area contributed by atoms with Crippen molar-refractivity contribution in [3.63, 3.8) is 0 Å². The number of benzene rings is 2. The van der Waals surface area contributed by atoms with Gasteiger partial charge < -0.3 is 19.5 Å². The molecule has 2 aromatic carbocycles. The molecule has 0 aliphatic rings. The van der Waals surface area contributed by atoms with Crippen molar-refractivity contribution in [3.8, 4) is 23.5 Å². The van der Waals surface area contributed by atoms with Crippen LogP contribution in [0.4, 0.5) is 14.5 Å². The molecule has 0 saturated carbocycles. The van der Waals surface area contributed by atoms with Crippen molar-refractivity contribution < 1.29 is 23.0 Å². The number of anilines is 1. The quantitative estimate of drug-likeness (QED) is 0.670. The van der Waals surface area contributed by atoms with Crippen molar-refractivity contribution in [1.29, 1.82) is 0 Å². The van der Waals surface area contributed by atoms with Crippen LogP contribution in [0.1, 0.15) is 5.56 Å². The van der Waals surface area contributed by atoms with E-state index < -0.39 is 11.6 Å². The molecule has 0 atom stereocenters. The second-order valence-corrected chi connectivity index (χ2v) is 5.44. The second kappa shape index (κ2) is 8.31. The molecule has 27 heavy (non-hydrogen) atoms. The number of nitrogens with one attached hydrogen (secondary N) is 1. The maximum absolute atomic E-state index is 13.3. The Kier molecular flexibility index (Phi) is 5.65. The number of nitrogens with zero attached hydrogens (tertiary/aromatic N) is 2. The Morgan fingerprint density at radius 2 is 1.59 bits per heavy atom. The minimum atomic E-state index is -0.893. The Labute approximate surface area is 154 Å². The highest BCUT2D eigenvalue weighted by Crippen LogP contribution is 2.30. The summed E-state index contributed by atoms with van der Waals surface area (Å²) in [6, 6.07) is 12.4. The Bertz CT molecular complexity index is 916. The van der Waals surface area contributed by atoms with Gasteiger partial charge in [0.2, 0.25) is 11.8 Å². The fourth-order valence-electron chi connectivity index (χ4n) is 2.29. The van der Waals surface area contributed by atoms with Crippen LogP contribution in [-0.2, 0) is 6.54 Å². The minimum absolute atomic E-state index is 0.0493. The summed E-state index contributed by atoms with van der Waals surface area (Å²) < 4.78 is 42.3. The van der Waals surface area contributed by atoms with Crippen LogP contribution in [-0.4, -0.2) is 24.2 Å². The monoisotopic (exact) mass is 373 g/mol. The first-order valence-corrected chi connectivity index (χ1v) is 8.01. The highest BCUT2D eigenvalue weighted by Gasteiger charge is 2.11. The summed E-state index contributed by atoms with van der Waals surface area (Å²) >= 11 is 0. The zero-order chi connectivity index (χ0) is 19.2. The van der Waals surface area contributed by atoms with Crippen LogP contribution < -0.4 is 19.5 Å². The summed E-state index contributed by atoms with van der Waals surface area (Å²) in [5, 5.41) is 3.12. The lowest BCUT2D eigenvalue weighted by Crippen LogP contribution is -2.03. The lowest BCUT2D eigenvalue weighted by Gasteiger charge is -2.13. The van der Waals surface area contributed by atoms with Gasteiger partial charge in [0.15, 0.2) is 17.4 Å². The molecule has 3 aromatic rings. The Morgan fingerprint density at radius 3 is 2.26 bits per heavy atom. The third-order valence-corrected chi connectivity index (χ3v) is 3.63. The van der Waals surface area contributed by atoms with Crippen LogP contribution in [0, 0.1) is 11.6 Å². The first kappa shape index (κ1) is 18.4. The highest BCUT2D eigenvalue weighted by atomic mass is 19.2. The summed E-state index contributed by atoms with van der Waals surface area (Å²) in [7, 11) is 2.95. The molecule has 8 heteroatoms. The van der Waals surface area contributed by atoms with E-state index in [2.05, 4.69) is 15.3 Å². The molecule has 0 unspecified atom stereocenters. The van der Waals surface area contributed by atoms with E-state index in [1.54, 1.807) is 18.2 Å². The van der Waals surface area contributed by atoms with Gasteiger partial charge in [-0.05, 0) is 29.8 Å². The first-order chi connectivity index (χ1) is 13.1. The smallest absolute Gasteiger partial charge is 0.328 e. The molecule has 0 spiro atoms. The average Bonchev–Trinajstić information content (AvgIpc) is 2.69. The third-order valence-electron chi connectivity index (χ3n) is 3.63. The molecule has 6 nitrogen and oxygen atoms in total. The standard InChI is InChI=1S/C19H17F2N3O3/c1-25-17-10-18(26-2)24-19(23-17)27-16-6-4-3-5-15(16)22-11-12-7-8-13(20)14(21)9-12/h3-10,22H,11H2,1-2H3. The molecular formula is C19H17F2N3O3. The van der Waals surface area contributed by atoms with Gasteiger partial charge in [0.05, 0.1) is 26.0 Å². The zero-order valence-corrected chi connectivity index (χ0v) is 14.7. The van der Waals surface area contributed by atoms with E-state index in [-0.39, 0.29) is 12.6 Å².